The maximum absolute atomic E-state index is 11.9. The molecule has 0 amide bonds. The fourth-order valence-corrected chi connectivity index (χ4v) is 3.32. The van der Waals surface area contributed by atoms with Gasteiger partial charge in [0.25, 0.3) is 0 Å². The van der Waals surface area contributed by atoms with Gasteiger partial charge in [0.05, 0.1) is 0 Å². The zero-order chi connectivity index (χ0) is 24.7. The molecule has 0 fully saturated rings. The third-order valence-corrected chi connectivity index (χ3v) is 5.29. The van der Waals surface area contributed by atoms with Crippen LogP contribution in [0.2, 0.25) is 0 Å². The van der Waals surface area contributed by atoms with Gasteiger partial charge in [-0.15, -0.1) is 0 Å². The summed E-state index contributed by atoms with van der Waals surface area (Å²) in [6.45, 7) is 12.8. The van der Waals surface area contributed by atoms with E-state index in [4.69, 9.17) is 9.47 Å². The Balaban J connectivity index is 1.89. The minimum Gasteiger partial charge on any atom is -0.458 e. The van der Waals surface area contributed by atoms with Crippen LogP contribution >= 0.6 is 0 Å². The van der Waals surface area contributed by atoms with Crippen molar-refractivity contribution in [3.63, 3.8) is 0 Å². The number of aryl methyl sites for hydroxylation is 1. The maximum atomic E-state index is 11.9. The van der Waals surface area contributed by atoms with Crippen LogP contribution in [0.4, 0.5) is 17.1 Å². The molecular formula is C29H29NO4. The average molecular weight is 456 g/mol. The number of nitrogens with zero attached hydrogens (tertiary/aromatic N) is 1. The molecule has 1 unspecified atom stereocenters. The standard InChI is InChI=1S/C29H29NO4/c1-6-28(31)33-19-23-9-15-26(16-10-23)30(25-13-7-21(4)8-14-25)27-17-11-24(12-18-27)22(5)34-29(32)20(2)3/h6-18,22H,1-2,19H2,3-5H3. The Hall–Kier alpha value is -4.12. The summed E-state index contributed by atoms with van der Waals surface area (Å²) in [5, 5.41) is 0. The molecule has 0 spiro atoms. The van der Waals surface area contributed by atoms with Crippen LogP contribution in [-0.2, 0) is 25.7 Å². The van der Waals surface area contributed by atoms with Crippen LogP contribution in [-0.4, -0.2) is 11.9 Å². The molecule has 0 bridgehead atoms. The molecule has 174 valence electrons. The number of esters is 2. The van der Waals surface area contributed by atoms with Gasteiger partial charge in [0.15, 0.2) is 0 Å². The number of carbonyl (C=O) groups excluding carboxylic acids is 2. The van der Waals surface area contributed by atoms with Gasteiger partial charge in [-0.1, -0.05) is 55.1 Å². The Morgan fingerprint density at radius 2 is 1.41 bits per heavy atom. The summed E-state index contributed by atoms with van der Waals surface area (Å²) < 4.78 is 10.6. The highest BCUT2D eigenvalue weighted by Crippen LogP contribution is 2.35. The molecular weight excluding hydrogens is 426 g/mol. The number of anilines is 3. The summed E-state index contributed by atoms with van der Waals surface area (Å²) >= 11 is 0. The van der Waals surface area contributed by atoms with Crippen LogP contribution in [0.25, 0.3) is 0 Å². The molecule has 3 aromatic rings. The Labute approximate surface area is 200 Å². The first-order chi connectivity index (χ1) is 16.3. The first kappa shape index (κ1) is 24.5. The summed E-state index contributed by atoms with van der Waals surface area (Å²) in [7, 11) is 0. The summed E-state index contributed by atoms with van der Waals surface area (Å²) in [5.41, 5.74) is 6.23. The van der Waals surface area contributed by atoms with Gasteiger partial charge < -0.3 is 14.4 Å². The molecule has 0 saturated carbocycles. The van der Waals surface area contributed by atoms with Gasteiger partial charge in [0.1, 0.15) is 12.7 Å². The Morgan fingerprint density at radius 1 is 0.912 bits per heavy atom. The van der Waals surface area contributed by atoms with Gasteiger partial charge >= 0.3 is 11.9 Å². The Kier molecular flexibility index (Phi) is 8.04. The van der Waals surface area contributed by atoms with Crippen LogP contribution in [0.3, 0.4) is 0 Å². The van der Waals surface area contributed by atoms with E-state index in [1.807, 2.05) is 55.5 Å². The number of hydrogen-bond acceptors (Lipinski definition) is 5. The molecule has 0 heterocycles. The Morgan fingerprint density at radius 3 is 1.91 bits per heavy atom. The second-order valence-corrected chi connectivity index (χ2v) is 8.07. The van der Waals surface area contributed by atoms with E-state index in [1.165, 1.54) is 5.56 Å². The maximum Gasteiger partial charge on any atom is 0.333 e. The lowest BCUT2D eigenvalue weighted by Crippen LogP contribution is -2.11. The van der Waals surface area contributed by atoms with Gasteiger partial charge in [0.2, 0.25) is 0 Å². The van der Waals surface area contributed by atoms with Crippen molar-refractivity contribution in [2.75, 3.05) is 4.90 Å². The molecule has 3 rings (SSSR count). The lowest BCUT2D eigenvalue weighted by Gasteiger charge is -2.26. The summed E-state index contributed by atoms with van der Waals surface area (Å²) in [4.78, 5) is 25.3. The SMILES string of the molecule is C=CC(=O)OCc1ccc(N(c2ccc(C)cc2)c2ccc(C(C)OC(=O)C(=C)C)cc2)cc1. The zero-order valence-corrected chi connectivity index (χ0v) is 19.8. The van der Waals surface area contributed by atoms with Gasteiger partial charge in [0, 0.05) is 28.7 Å². The molecule has 0 aliphatic rings. The van der Waals surface area contributed by atoms with Crippen LogP contribution < -0.4 is 4.90 Å². The van der Waals surface area contributed by atoms with Crippen molar-refractivity contribution in [2.45, 2.75) is 33.5 Å². The molecule has 5 nitrogen and oxygen atoms in total. The van der Waals surface area contributed by atoms with Crippen LogP contribution in [0.5, 0.6) is 0 Å². The topological polar surface area (TPSA) is 55.8 Å². The van der Waals surface area contributed by atoms with Gasteiger partial charge in [-0.05, 0) is 68.3 Å². The summed E-state index contributed by atoms with van der Waals surface area (Å²) in [6.07, 6.45) is 0.765. The predicted molar refractivity (Wildman–Crippen MR) is 135 cm³/mol. The van der Waals surface area contributed by atoms with E-state index >= 15 is 0 Å². The van der Waals surface area contributed by atoms with Crippen molar-refractivity contribution >= 4 is 29.0 Å². The number of hydrogen-bond donors (Lipinski definition) is 0. The predicted octanol–water partition coefficient (Wildman–Crippen LogP) is 6.87. The molecule has 0 aromatic heterocycles. The van der Waals surface area contributed by atoms with Crippen molar-refractivity contribution in [1.82, 2.24) is 0 Å². The van der Waals surface area contributed by atoms with E-state index in [9.17, 15) is 9.59 Å². The quantitative estimate of drug-likeness (QED) is 0.260. The summed E-state index contributed by atoms with van der Waals surface area (Å²) in [6, 6.07) is 24.0. The lowest BCUT2D eigenvalue weighted by molar-refractivity contribution is -0.143. The van der Waals surface area contributed by atoms with E-state index in [1.54, 1.807) is 6.92 Å². The fourth-order valence-electron chi connectivity index (χ4n) is 3.32. The number of rotatable bonds is 9. The number of benzene rings is 3. The van der Waals surface area contributed by atoms with Crippen molar-refractivity contribution < 1.29 is 19.1 Å². The smallest absolute Gasteiger partial charge is 0.333 e. The zero-order valence-electron chi connectivity index (χ0n) is 19.8. The summed E-state index contributed by atoms with van der Waals surface area (Å²) in [5.74, 6) is -0.856. The first-order valence-corrected chi connectivity index (χ1v) is 11.0. The largest absolute Gasteiger partial charge is 0.458 e. The van der Waals surface area contributed by atoms with E-state index in [0.717, 1.165) is 34.3 Å². The molecule has 5 heteroatoms. The molecule has 34 heavy (non-hydrogen) atoms. The highest BCUT2D eigenvalue weighted by Gasteiger charge is 2.16. The minimum atomic E-state index is -0.450. The van der Waals surface area contributed by atoms with Crippen molar-refractivity contribution in [3.05, 3.63) is 114 Å². The van der Waals surface area contributed by atoms with Gasteiger partial charge in [-0.25, -0.2) is 9.59 Å². The average Bonchev–Trinajstić information content (AvgIpc) is 2.85. The third-order valence-electron chi connectivity index (χ3n) is 5.29. The number of ether oxygens (including phenoxy) is 2. The van der Waals surface area contributed by atoms with Crippen molar-refractivity contribution in [2.24, 2.45) is 0 Å². The highest BCUT2D eigenvalue weighted by molar-refractivity contribution is 5.87. The second kappa shape index (κ2) is 11.1. The molecule has 0 N–H and O–H groups in total. The molecule has 0 saturated heterocycles. The van der Waals surface area contributed by atoms with E-state index < -0.39 is 11.9 Å². The normalized spacial score (nSPS) is 11.3. The van der Waals surface area contributed by atoms with E-state index in [-0.39, 0.29) is 12.7 Å². The first-order valence-electron chi connectivity index (χ1n) is 11.0. The monoisotopic (exact) mass is 455 g/mol. The molecule has 3 aromatic carbocycles. The second-order valence-electron chi connectivity index (χ2n) is 8.07. The lowest BCUT2D eigenvalue weighted by atomic mass is 10.1. The van der Waals surface area contributed by atoms with E-state index in [2.05, 4.69) is 49.2 Å². The molecule has 0 aliphatic carbocycles. The van der Waals surface area contributed by atoms with Crippen LogP contribution in [0, 0.1) is 6.92 Å². The van der Waals surface area contributed by atoms with Crippen molar-refractivity contribution in [1.29, 1.82) is 0 Å². The molecule has 0 radical (unpaired) electrons. The minimum absolute atomic E-state index is 0.186. The van der Waals surface area contributed by atoms with Crippen LogP contribution in [0.1, 0.15) is 36.6 Å². The Bertz CT molecular complexity index is 1160. The van der Waals surface area contributed by atoms with Crippen LogP contribution in [0.15, 0.2) is 97.6 Å². The highest BCUT2D eigenvalue weighted by atomic mass is 16.5. The van der Waals surface area contributed by atoms with Crippen molar-refractivity contribution in [3.8, 4) is 0 Å². The molecule has 1 atom stereocenters. The number of carbonyl (C=O) groups is 2. The molecule has 0 aliphatic heterocycles. The fraction of sp³-hybridized carbons (Fsp3) is 0.172. The third kappa shape index (κ3) is 6.23. The van der Waals surface area contributed by atoms with Gasteiger partial charge in [-0.2, -0.15) is 0 Å². The van der Waals surface area contributed by atoms with Gasteiger partial charge in [-0.3, -0.25) is 0 Å². The van der Waals surface area contributed by atoms with E-state index in [0.29, 0.717) is 5.57 Å².